The van der Waals surface area contributed by atoms with Gasteiger partial charge in [0.1, 0.15) is 6.04 Å². The second kappa shape index (κ2) is 7.79. The van der Waals surface area contributed by atoms with Crippen LogP contribution in [-0.4, -0.2) is 36.4 Å². The van der Waals surface area contributed by atoms with E-state index in [0.717, 1.165) is 23.2 Å². The zero-order chi connectivity index (χ0) is 18.6. The van der Waals surface area contributed by atoms with E-state index >= 15 is 0 Å². The molecule has 1 amide bonds. The first kappa shape index (κ1) is 19.1. The molecule has 0 unspecified atom stereocenters. The highest BCUT2D eigenvalue weighted by atomic mass is 32.2. The number of hydrogen-bond donors (Lipinski definition) is 2. The molecule has 0 saturated heterocycles. The molecule has 2 aromatic rings. The molecule has 7 nitrogen and oxygen atoms in total. The minimum atomic E-state index is -3.46. The Morgan fingerprint density at radius 2 is 1.88 bits per heavy atom. The monoisotopic (exact) mass is 364 g/mol. The minimum absolute atomic E-state index is 0.166. The van der Waals surface area contributed by atoms with Gasteiger partial charge >= 0.3 is 0 Å². The predicted molar refractivity (Wildman–Crippen MR) is 97.1 cm³/mol. The average Bonchev–Trinajstić information content (AvgIpc) is 2.91. The summed E-state index contributed by atoms with van der Waals surface area (Å²) in [5, 5.41) is 7.23. The maximum atomic E-state index is 12.4. The molecule has 0 radical (unpaired) electrons. The van der Waals surface area contributed by atoms with Gasteiger partial charge < -0.3 is 5.32 Å². The molecule has 0 spiro atoms. The second-order valence-electron chi connectivity index (χ2n) is 6.34. The molecule has 1 heterocycles. The number of amides is 1. The van der Waals surface area contributed by atoms with Crippen LogP contribution in [-0.2, 0) is 28.4 Å². The number of nitrogens with one attached hydrogen (secondary N) is 2. The molecule has 0 saturated carbocycles. The van der Waals surface area contributed by atoms with Crippen molar-refractivity contribution in [3.05, 3.63) is 42.1 Å². The van der Waals surface area contributed by atoms with Crippen LogP contribution in [0.15, 0.2) is 36.4 Å². The normalized spacial score (nSPS) is 13.0. The molecule has 136 valence electrons. The van der Waals surface area contributed by atoms with E-state index in [1.54, 1.807) is 18.5 Å². The van der Waals surface area contributed by atoms with Crippen LogP contribution in [0.1, 0.15) is 19.5 Å². The van der Waals surface area contributed by atoms with Gasteiger partial charge in [-0.25, -0.2) is 13.1 Å². The molecule has 1 aromatic carbocycles. The number of sulfonamides is 1. The summed E-state index contributed by atoms with van der Waals surface area (Å²) in [5.74, 6) is -0.524. The average molecular weight is 364 g/mol. The smallest absolute Gasteiger partial charge is 0.238 e. The lowest BCUT2D eigenvalue weighted by Crippen LogP contribution is -2.49. The molecule has 0 bridgehead atoms. The summed E-state index contributed by atoms with van der Waals surface area (Å²) in [7, 11) is -1.66. The van der Waals surface area contributed by atoms with Gasteiger partial charge in [-0.2, -0.15) is 5.10 Å². The van der Waals surface area contributed by atoms with Crippen LogP contribution in [0.5, 0.6) is 0 Å². The van der Waals surface area contributed by atoms with Gasteiger partial charge in [0.2, 0.25) is 15.9 Å². The van der Waals surface area contributed by atoms with Crippen LogP contribution in [0.3, 0.4) is 0 Å². The van der Waals surface area contributed by atoms with Gasteiger partial charge in [0.05, 0.1) is 24.2 Å². The van der Waals surface area contributed by atoms with Crippen molar-refractivity contribution in [2.45, 2.75) is 26.4 Å². The number of rotatable bonds is 7. The van der Waals surface area contributed by atoms with E-state index in [2.05, 4.69) is 15.1 Å². The fourth-order valence-electron chi connectivity index (χ4n) is 2.43. The van der Waals surface area contributed by atoms with Gasteiger partial charge in [0.25, 0.3) is 0 Å². The Labute approximate surface area is 148 Å². The number of benzene rings is 1. The first-order valence-electron chi connectivity index (χ1n) is 8.00. The molecule has 0 aliphatic rings. The summed E-state index contributed by atoms with van der Waals surface area (Å²) in [6.07, 6.45) is 1.04. The van der Waals surface area contributed by atoms with E-state index in [-0.39, 0.29) is 18.4 Å². The van der Waals surface area contributed by atoms with E-state index in [0.29, 0.717) is 0 Å². The first-order chi connectivity index (χ1) is 11.7. The topological polar surface area (TPSA) is 93.1 Å². The minimum Gasteiger partial charge on any atom is -0.349 e. The van der Waals surface area contributed by atoms with E-state index < -0.39 is 16.1 Å². The molecule has 0 aliphatic carbocycles. The van der Waals surface area contributed by atoms with Crippen molar-refractivity contribution in [2.75, 3.05) is 6.26 Å². The highest BCUT2D eigenvalue weighted by Crippen LogP contribution is 2.18. The Morgan fingerprint density at radius 3 is 2.44 bits per heavy atom. The van der Waals surface area contributed by atoms with Gasteiger partial charge in [-0.3, -0.25) is 9.48 Å². The largest absolute Gasteiger partial charge is 0.349 e. The van der Waals surface area contributed by atoms with Gasteiger partial charge in [-0.1, -0.05) is 44.2 Å². The number of hydrogen-bond acceptors (Lipinski definition) is 4. The maximum Gasteiger partial charge on any atom is 0.238 e. The third-order valence-corrected chi connectivity index (χ3v) is 4.46. The van der Waals surface area contributed by atoms with Crippen molar-refractivity contribution >= 4 is 15.9 Å². The van der Waals surface area contributed by atoms with E-state index in [4.69, 9.17) is 0 Å². The summed E-state index contributed by atoms with van der Waals surface area (Å²) < 4.78 is 26.9. The highest BCUT2D eigenvalue weighted by Gasteiger charge is 2.25. The number of nitrogens with zero attached hydrogens (tertiary/aromatic N) is 2. The molecule has 8 heteroatoms. The highest BCUT2D eigenvalue weighted by molar-refractivity contribution is 7.88. The number of aryl methyl sites for hydroxylation is 1. The Kier molecular flexibility index (Phi) is 5.97. The predicted octanol–water partition coefficient (Wildman–Crippen LogP) is 1.28. The summed E-state index contributed by atoms with van der Waals surface area (Å²) in [5.41, 5.74) is 2.64. The third-order valence-electron chi connectivity index (χ3n) is 3.78. The SMILES string of the molecule is CC(C)[C@H](NS(C)(=O)=O)C(=O)NCc1cc(-c2ccccc2)nn1C. The van der Waals surface area contributed by atoms with E-state index in [1.807, 2.05) is 43.4 Å². The summed E-state index contributed by atoms with van der Waals surface area (Å²) in [6, 6.07) is 10.9. The Hall–Kier alpha value is -2.19. The summed E-state index contributed by atoms with van der Waals surface area (Å²) in [6.45, 7) is 3.85. The van der Waals surface area contributed by atoms with Crippen molar-refractivity contribution in [1.82, 2.24) is 19.8 Å². The van der Waals surface area contributed by atoms with E-state index in [9.17, 15) is 13.2 Å². The lowest BCUT2D eigenvalue weighted by Gasteiger charge is -2.20. The first-order valence-corrected chi connectivity index (χ1v) is 9.90. The van der Waals surface area contributed by atoms with Crippen molar-refractivity contribution in [3.63, 3.8) is 0 Å². The molecule has 2 N–H and O–H groups in total. The van der Waals surface area contributed by atoms with Gasteiger partial charge in [0, 0.05) is 12.6 Å². The number of aromatic nitrogens is 2. The van der Waals surface area contributed by atoms with Crippen molar-refractivity contribution in [2.24, 2.45) is 13.0 Å². The fourth-order valence-corrected chi connectivity index (χ4v) is 3.27. The number of carbonyl (C=O) groups excluding carboxylic acids is 1. The number of carbonyl (C=O) groups is 1. The molecular formula is C17H24N4O3S. The molecule has 0 fully saturated rings. The molecule has 2 rings (SSSR count). The van der Waals surface area contributed by atoms with E-state index in [1.165, 1.54) is 0 Å². The molecule has 0 aliphatic heterocycles. The summed E-state index contributed by atoms with van der Waals surface area (Å²) >= 11 is 0. The Morgan fingerprint density at radius 1 is 1.24 bits per heavy atom. The van der Waals surface area contributed by atoms with Gasteiger partial charge in [-0.05, 0) is 12.0 Å². The van der Waals surface area contributed by atoms with Crippen molar-refractivity contribution in [3.8, 4) is 11.3 Å². The zero-order valence-corrected chi connectivity index (χ0v) is 15.7. The zero-order valence-electron chi connectivity index (χ0n) is 14.9. The van der Waals surface area contributed by atoms with Crippen LogP contribution >= 0.6 is 0 Å². The van der Waals surface area contributed by atoms with Crippen LogP contribution in [0.25, 0.3) is 11.3 Å². The van der Waals surface area contributed by atoms with Crippen LogP contribution in [0, 0.1) is 5.92 Å². The van der Waals surface area contributed by atoms with Crippen LogP contribution < -0.4 is 10.0 Å². The fraction of sp³-hybridized carbons (Fsp3) is 0.412. The van der Waals surface area contributed by atoms with Gasteiger partial charge in [0.15, 0.2) is 0 Å². The quantitative estimate of drug-likeness (QED) is 0.774. The van der Waals surface area contributed by atoms with Crippen molar-refractivity contribution < 1.29 is 13.2 Å². The Bertz CT molecular complexity index is 829. The standard InChI is InChI=1S/C17H24N4O3S/c1-12(2)16(20-25(4,23)24)17(22)18-11-14-10-15(19-21(14)3)13-8-6-5-7-9-13/h5-10,12,16,20H,11H2,1-4H3,(H,18,22)/t16-/m0/s1. The summed E-state index contributed by atoms with van der Waals surface area (Å²) in [4.78, 5) is 12.4. The maximum absolute atomic E-state index is 12.4. The lowest BCUT2D eigenvalue weighted by atomic mass is 10.1. The van der Waals surface area contributed by atoms with Gasteiger partial charge in [-0.15, -0.1) is 0 Å². The third kappa shape index (κ3) is 5.40. The van der Waals surface area contributed by atoms with Crippen molar-refractivity contribution in [1.29, 1.82) is 0 Å². The Balaban J connectivity index is 2.07. The molecule has 1 aromatic heterocycles. The molecule has 1 atom stereocenters. The second-order valence-corrected chi connectivity index (χ2v) is 8.12. The van der Waals surface area contributed by atoms with Crippen LogP contribution in [0.2, 0.25) is 0 Å². The lowest BCUT2D eigenvalue weighted by molar-refractivity contribution is -0.123. The molecule has 25 heavy (non-hydrogen) atoms. The molecular weight excluding hydrogens is 340 g/mol. The van der Waals surface area contributed by atoms with Crippen LogP contribution in [0.4, 0.5) is 0 Å².